The molecule has 26 heavy (non-hydrogen) atoms. The fraction of sp³-hybridized carbons (Fsp3) is 0.526. The molecule has 4 rings (SSSR count). The van der Waals surface area contributed by atoms with Gasteiger partial charge in [0.05, 0.1) is 18.3 Å². The molecule has 6 nitrogen and oxygen atoms in total. The fourth-order valence-corrected chi connectivity index (χ4v) is 4.15. The minimum Gasteiger partial charge on any atom is -0.330 e. The van der Waals surface area contributed by atoms with Crippen molar-refractivity contribution in [1.29, 1.82) is 0 Å². The first-order chi connectivity index (χ1) is 12.6. The third-order valence-electron chi connectivity index (χ3n) is 5.56. The van der Waals surface area contributed by atoms with Crippen molar-refractivity contribution in [2.24, 2.45) is 5.92 Å². The maximum atomic E-state index is 13.7. The summed E-state index contributed by atoms with van der Waals surface area (Å²) in [4.78, 5) is 14.9. The number of likely N-dealkylation sites (tertiary alicyclic amines) is 1. The Morgan fingerprint density at radius 2 is 2.08 bits per heavy atom. The summed E-state index contributed by atoms with van der Waals surface area (Å²) < 4.78 is 15.5. The second-order valence-corrected chi connectivity index (χ2v) is 7.33. The molecule has 1 amide bonds. The third kappa shape index (κ3) is 3.23. The van der Waals surface area contributed by atoms with E-state index in [1.165, 1.54) is 12.1 Å². The van der Waals surface area contributed by atoms with E-state index in [1.54, 1.807) is 12.3 Å². The van der Waals surface area contributed by atoms with Crippen LogP contribution in [-0.2, 0) is 0 Å². The Kier molecular flexibility index (Phi) is 4.72. The molecule has 2 atom stereocenters. The van der Waals surface area contributed by atoms with E-state index in [9.17, 15) is 9.18 Å². The number of amides is 1. The van der Waals surface area contributed by atoms with Crippen LogP contribution in [0.5, 0.6) is 0 Å². The van der Waals surface area contributed by atoms with Crippen molar-refractivity contribution in [1.82, 2.24) is 25.2 Å². The standard InChI is InChI=1S/C19H24FN5O/c1-13-7-10-24(18(13)14-3-2-4-15(20)11-14)19(26)17-12-25(23-22-17)16-5-8-21-9-6-16/h2-4,11-13,16,18,21H,5-10H2,1H3/t13-,18-/m1/s1. The van der Waals surface area contributed by atoms with Crippen LogP contribution in [0, 0.1) is 11.7 Å². The highest BCUT2D eigenvalue weighted by molar-refractivity contribution is 5.92. The number of nitrogens with zero attached hydrogens (tertiary/aromatic N) is 4. The largest absolute Gasteiger partial charge is 0.330 e. The minimum absolute atomic E-state index is 0.121. The predicted octanol–water partition coefficient (Wildman–Crippen LogP) is 2.57. The van der Waals surface area contributed by atoms with E-state index in [4.69, 9.17) is 0 Å². The number of piperidine rings is 1. The van der Waals surface area contributed by atoms with Crippen LogP contribution in [0.25, 0.3) is 0 Å². The highest BCUT2D eigenvalue weighted by Crippen LogP contribution is 2.38. The molecular formula is C19H24FN5O. The first-order valence-corrected chi connectivity index (χ1v) is 9.32. The Balaban J connectivity index is 1.56. The second kappa shape index (κ2) is 7.15. The summed E-state index contributed by atoms with van der Waals surface area (Å²) in [5.74, 6) is -0.116. The molecule has 0 saturated carbocycles. The molecular weight excluding hydrogens is 333 g/mol. The SMILES string of the molecule is C[C@@H]1CCN(C(=O)c2cn(C3CCNCC3)nn2)[C@H]1c1cccc(F)c1. The quantitative estimate of drug-likeness (QED) is 0.917. The molecule has 138 valence electrons. The molecule has 2 aromatic rings. The van der Waals surface area contributed by atoms with E-state index < -0.39 is 0 Å². The first kappa shape index (κ1) is 17.1. The minimum atomic E-state index is -0.272. The van der Waals surface area contributed by atoms with Crippen LogP contribution in [0.4, 0.5) is 4.39 Å². The lowest BCUT2D eigenvalue weighted by atomic mass is 9.95. The normalized spacial score (nSPS) is 24.2. The second-order valence-electron chi connectivity index (χ2n) is 7.33. The maximum absolute atomic E-state index is 13.7. The van der Waals surface area contributed by atoms with E-state index >= 15 is 0 Å². The van der Waals surface area contributed by atoms with Crippen molar-refractivity contribution < 1.29 is 9.18 Å². The molecule has 1 N–H and O–H groups in total. The fourth-order valence-electron chi connectivity index (χ4n) is 4.15. The number of benzene rings is 1. The molecule has 1 aromatic carbocycles. The van der Waals surface area contributed by atoms with E-state index in [0.717, 1.165) is 37.9 Å². The Morgan fingerprint density at radius 3 is 2.85 bits per heavy atom. The summed E-state index contributed by atoms with van der Waals surface area (Å²) in [6.07, 6.45) is 4.65. The molecule has 2 aliphatic heterocycles. The molecule has 0 spiro atoms. The molecule has 7 heteroatoms. The molecule has 0 aliphatic carbocycles. The molecule has 0 radical (unpaired) electrons. The lowest BCUT2D eigenvalue weighted by Gasteiger charge is -2.27. The molecule has 0 unspecified atom stereocenters. The van der Waals surface area contributed by atoms with Gasteiger partial charge in [-0.25, -0.2) is 9.07 Å². The number of hydrogen-bond acceptors (Lipinski definition) is 4. The number of carbonyl (C=O) groups excluding carboxylic acids is 1. The van der Waals surface area contributed by atoms with Gasteiger partial charge in [0.1, 0.15) is 5.82 Å². The van der Waals surface area contributed by atoms with Crippen LogP contribution in [0.3, 0.4) is 0 Å². The van der Waals surface area contributed by atoms with Crippen molar-refractivity contribution in [2.45, 2.75) is 38.3 Å². The van der Waals surface area contributed by atoms with Gasteiger partial charge in [0, 0.05) is 6.54 Å². The van der Waals surface area contributed by atoms with Crippen LogP contribution in [0.1, 0.15) is 54.3 Å². The average Bonchev–Trinajstić information content (AvgIpc) is 3.29. The lowest BCUT2D eigenvalue weighted by Crippen LogP contribution is -2.32. The van der Waals surface area contributed by atoms with Gasteiger partial charge in [0.25, 0.3) is 5.91 Å². The lowest BCUT2D eigenvalue weighted by molar-refractivity contribution is 0.0714. The molecule has 2 fully saturated rings. The zero-order chi connectivity index (χ0) is 18.1. The van der Waals surface area contributed by atoms with Crippen molar-refractivity contribution >= 4 is 5.91 Å². The van der Waals surface area contributed by atoms with Gasteiger partial charge in [-0.3, -0.25) is 4.79 Å². The predicted molar refractivity (Wildman–Crippen MR) is 95.1 cm³/mol. The van der Waals surface area contributed by atoms with Crippen LogP contribution in [0.15, 0.2) is 30.5 Å². The van der Waals surface area contributed by atoms with E-state index in [0.29, 0.717) is 18.3 Å². The molecule has 2 aliphatic rings. The van der Waals surface area contributed by atoms with E-state index in [1.807, 2.05) is 15.6 Å². The van der Waals surface area contributed by atoms with Crippen molar-refractivity contribution in [3.05, 3.63) is 47.5 Å². The molecule has 1 aromatic heterocycles. The van der Waals surface area contributed by atoms with Gasteiger partial charge < -0.3 is 10.2 Å². The summed E-state index contributed by atoms with van der Waals surface area (Å²) in [7, 11) is 0. The van der Waals surface area contributed by atoms with Gasteiger partial charge in [0.2, 0.25) is 0 Å². The average molecular weight is 357 g/mol. The third-order valence-corrected chi connectivity index (χ3v) is 5.56. The van der Waals surface area contributed by atoms with Crippen LogP contribution < -0.4 is 5.32 Å². The van der Waals surface area contributed by atoms with E-state index in [2.05, 4.69) is 22.6 Å². The molecule has 2 saturated heterocycles. The summed E-state index contributed by atoms with van der Waals surface area (Å²) in [5.41, 5.74) is 1.22. The first-order valence-electron chi connectivity index (χ1n) is 9.32. The van der Waals surface area contributed by atoms with Gasteiger partial charge in [0.15, 0.2) is 5.69 Å². The number of aromatic nitrogens is 3. The van der Waals surface area contributed by atoms with Gasteiger partial charge in [-0.2, -0.15) is 0 Å². The number of rotatable bonds is 3. The number of nitrogens with one attached hydrogen (secondary N) is 1. The van der Waals surface area contributed by atoms with Crippen LogP contribution >= 0.6 is 0 Å². The van der Waals surface area contributed by atoms with Crippen LogP contribution in [-0.4, -0.2) is 45.4 Å². The summed E-state index contributed by atoms with van der Waals surface area (Å²) in [6.45, 7) is 4.67. The smallest absolute Gasteiger partial charge is 0.276 e. The summed E-state index contributed by atoms with van der Waals surface area (Å²) in [6, 6.07) is 6.72. The van der Waals surface area contributed by atoms with Crippen LogP contribution in [0.2, 0.25) is 0 Å². The maximum Gasteiger partial charge on any atom is 0.276 e. The van der Waals surface area contributed by atoms with E-state index in [-0.39, 0.29) is 23.7 Å². The highest BCUT2D eigenvalue weighted by atomic mass is 19.1. The Morgan fingerprint density at radius 1 is 1.27 bits per heavy atom. The monoisotopic (exact) mass is 357 g/mol. The number of carbonyl (C=O) groups is 1. The molecule has 3 heterocycles. The number of halogens is 1. The van der Waals surface area contributed by atoms with Gasteiger partial charge in [-0.05, 0) is 56.0 Å². The van der Waals surface area contributed by atoms with Gasteiger partial charge in [-0.1, -0.05) is 24.3 Å². The van der Waals surface area contributed by atoms with Crippen molar-refractivity contribution in [2.75, 3.05) is 19.6 Å². The summed E-state index contributed by atoms with van der Waals surface area (Å²) in [5, 5.41) is 11.7. The Labute approximate surface area is 152 Å². The topological polar surface area (TPSA) is 63.1 Å². The Hall–Kier alpha value is -2.28. The Bertz CT molecular complexity index is 786. The zero-order valence-electron chi connectivity index (χ0n) is 14.9. The zero-order valence-corrected chi connectivity index (χ0v) is 14.9. The van der Waals surface area contributed by atoms with Gasteiger partial charge >= 0.3 is 0 Å². The molecule has 0 bridgehead atoms. The van der Waals surface area contributed by atoms with Gasteiger partial charge in [-0.15, -0.1) is 5.10 Å². The highest BCUT2D eigenvalue weighted by Gasteiger charge is 2.37. The van der Waals surface area contributed by atoms with Crippen molar-refractivity contribution in [3.63, 3.8) is 0 Å². The number of hydrogen-bond donors (Lipinski definition) is 1. The summed E-state index contributed by atoms with van der Waals surface area (Å²) >= 11 is 0. The van der Waals surface area contributed by atoms with Crippen molar-refractivity contribution in [3.8, 4) is 0 Å².